The Morgan fingerprint density at radius 3 is 2.63 bits per heavy atom. The fourth-order valence-corrected chi connectivity index (χ4v) is 4.24. The highest BCUT2D eigenvalue weighted by Crippen LogP contribution is 2.34. The van der Waals surface area contributed by atoms with Gasteiger partial charge in [-0.25, -0.2) is 8.42 Å². The van der Waals surface area contributed by atoms with Gasteiger partial charge in [-0.15, -0.1) is 0 Å². The second-order valence-corrected chi connectivity index (χ2v) is 7.97. The molecule has 0 radical (unpaired) electrons. The lowest BCUT2D eigenvalue weighted by atomic mass is 10.2. The van der Waals surface area contributed by atoms with Gasteiger partial charge in [0, 0.05) is 23.1 Å². The largest absolute Gasteiger partial charge is 0.456 e. The molecular weight excluding hydrogens is 413 g/mol. The van der Waals surface area contributed by atoms with E-state index in [1.165, 1.54) is 0 Å². The monoisotopic (exact) mass is 429 g/mol. The number of amides is 1. The fraction of sp³-hybridized carbons (Fsp3) is 0.176. The van der Waals surface area contributed by atoms with Crippen molar-refractivity contribution in [3.63, 3.8) is 0 Å². The highest BCUT2D eigenvalue weighted by atomic mass is 35.5. The lowest BCUT2D eigenvalue weighted by molar-refractivity contribution is -0.122. The van der Waals surface area contributed by atoms with E-state index < -0.39 is 67.0 Å². The number of piperazine rings is 1. The molecule has 1 amide bonds. The molecule has 2 aromatic carbocycles. The van der Waals surface area contributed by atoms with Crippen LogP contribution in [0.5, 0.6) is 11.5 Å². The van der Waals surface area contributed by atoms with Gasteiger partial charge >= 0.3 is 0 Å². The number of carbonyl (C=O) groups is 1. The third kappa shape index (κ3) is 4.34. The SMILES string of the molecule is [2H]c1cc(Oc2c([2H])c(Cl)c([2H])c(Cl)c2[2H])c(S(=O)(=O)N2CCNC(=O)C2)cc1C#N. The zero-order valence-corrected chi connectivity index (χ0v) is 15.8. The number of hydrogen-bond donors (Lipinski definition) is 1. The third-order valence-electron chi connectivity index (χ3n) is 3.50. The number of rotatable bonds is 4. The molecule has 0 saturated carbocycles. The smallest absolute Gasteiger partial charge is 0.247 e. The molecule has 1 heterocycles. The van der Waals surface area contributed by atoms with E-state index in [9.17, 15) is 18.5 Å². The molecule has 7 nitrogen and oxygen atoms in total. The molecule has 2 aromatic rings. The molecule has 0 atom stereocenters. The predicted molar refractivity (Wildman–Crippen MR) is 99.5 cm³/mol. The Morgan fingerprint density at radius 1 is 1.30 bits per heavy atom. The Labute approximate surface area is 171 Å². The molecule has 0 bridgehead atoms. The van der Waals surface area contributed by atoms with Gasteiger partial charge in [0.1, 0.15) is 16.4 Å². The lowest BCUT2D eigenvalue weighted by Gasteiger charge is -2.26. The predicted octanol–water partition coefficient (Wildman–Crippen LogP) is 2.78. The summed E-state index contributed by atoms with van der Waals surface area (Å²) >= 11 is 11.8. The summed E-state index contributed by atoms with van der Waals surface area (Å²) in [6.45, 7) is -0.402. The van der Waals surface area contributed by atoms with E-state index in [4.69, 9.17) is 33.4 Å². The molecule has 0 unspecified atom stereocenters. The number of nitriles is 1. The normalized spacial score (nSPS) is 17.1. The highest BCUT2D eigenvalue weighted by Gasteiger charge is 2.32. The molecule has 1 N–H and O–H groups in total. The van der Waals surface area contributed by atoms with E-state index >= 15 is 0 Å². The van der Waals surface area contributed by atoms with Crippen LogP contribution in [0.1, 0.15) is 11.0 Å². The standard InChI is InChI=1S/C17H13Cl2N3O4S/c18-12-6-13(19)8-14(7-12)26-15-2-1-11(9-20)5-16(15)27(24,25)22-4-3-21-17(23)10-22/h1-2,5-8H,3-4,10H2,(H,21,23)/i1D,6D,7D,8D. The first-order chi connectivity index (χ1) is 14.5. The van der Waals surface area contributed by atoms with Crippen LogP contribution >= 0.6 is 23.2 Å². The number of nitrogens with one attached hydrogen (secondary N) is 1. The van der Waals surface area contributed by atoms with Gasteiger partial charge in [0.05, 0.1) is 23.7 Å². The Kier molecular flexibility index (Phi) is 4.22. The number of ether oxygens (including phenoxy) is 1. The van der Waals surface area contributed by atoms with Crippen molar-refractivity contribution >= 4 is 39.1 Å². The van der Waals surface area contributed by atoms with Gasteiger partial charge < -0.3 is 10.1 Å². The van der Waals surface area contributed by atoms with Crippen molar-refractivity contribution in [3.05, 3.63) is 51.9 Å². The van der Waals surface area contributed by atoms with Gasteiger partial charge in [-0.3, -0.25) is 4.79 Å². The van der Waals surface area contributed by atoms with Crippen molar-refractivity contribution in [1.29, 1.82) is 5.26 Å². The van der Waals surface area contributed by atoms with Crippen molar-refractivity contribution in [1.82, 2.24) is 9.62 Å². The van der Waals surface area contributed by atoms with E-state index in [0.717, 1.165) is 16.4 Å². The molecule has 1 fully saturated rings. The van der Waals surface area contributed by atoms with Crippen LogP contribution in [0.25, 0.3) is 0 Å². The Balaban J connectivity index is 2.20. The zero-order valence-electron chi connectivity index (χ0n) is 17.5. The minimum atomic E-state index is -4.36. The third-order valence-corrected chi connectivity index (χ3v) is 5.74. The summed E-state index contributed by atoms with van der Waals surface area (Å²) in [5.41, 5.74) is -0.262. The molecule has 0 aliphatic carbocycles. The van der Waals surface area contributed by atoms with Crippen molar-refractivity contribution in [2.45, 2.75) is 4.90 Å². The summed E-state index contributed by atoms with van der Waals surface area (Å²) in [6, 6.07) is 1.62. The molecule has 10 heteroatoms. The number of halogens is 2. The van der Waals surface area contributed by atoms with Crippen LogP contribution in [0.15, 0.2) is 41.2 Å². The van der Waals surface area contributed by atoms with E-state index in [0.29, 0.717) is 0 Å². The average molecular weight is 430 g/mol. The Hall–Kier alpha value is -2.31. The fourth-order valence-electron chi connectivity index (χ4n) is 2.31. The van der Waals surface area contributed by atoms with Gasteiger partial charge in [-0.1, -0.05) is 23.2 Å². The average Bonchev–Trinajstić information content (AvgIpc) is 2.74. The van der Waals surface area contributed by atoms with Crippen molar-refractivity contribution in [2.75, 3.05) is 19.6 Å². The van der Waals surface area contributed by atoms with Crippen molar-refractivity contribution < 1.29 is 23.4 Å². The maximum Gasteiger partial charge on any atom is 0.247 e. The number of nitrogens with zero attached hydrogens (tertiary/aromatic N) is 2. The number of hydrogen-bond acceptors (Lipinski definition) is 5. The summed E-state index contributed by atoms with van der Waals surface area (Å²) in [5, 5.41) is 10.9. The quantitative estimate of drug-likeness (QED) is 0.804. The van der Waals surface area contributed by atoms with Crippen LogP contribution in [0.2, 0.25) is 10.0 Å². The van der Waals surface area contributed by atoms with Gasteiger partial charge in [0.15, 0.2) is 0 Å². The summed E-state index contributed by atoms with van der Waals surface area (Å²) in [7, 11) is -4.36. The Bertz CT molecular complexity index is 1220. The zero-order chi connectivity index (χ0) is 23.1. The maximum atomic E-state index is 13.2. The van der Waals surface area contributed by atoms with Crippen LogP contribution < -0.4 is 10.1 Å². The molecule has 27 heavy (non-hydrogen) atoms. The topological polar surface area (TPSA) is 99.5 Å². The number of benzene rings is 2. The van der Waals surface area contributed by atoms with Crippen LogP contribution in [-0.2, 0) is 14.8 Å². The van der Waals surface area contributed by atoms with Crippen LogP contribution in [-0.4, -0.2) is 38.3 Å². The lowest BCUT2D eigenvalue weighted by Crippen LogP contribution is -2.49. The summed E-state index contributed by atoms with van der Waals surface area (Å²) in [6.07, 6.45) is 0. The van der Waals surface area contributed by atoms with Crippen LogP contribution in [0.4, 0.5) is 0 Å². The number of sulfonamides is 1. The highest BCUT2D eigenvalue weighted by molar-refractivity contribution is 7.89. The van der Waals surface area contributed by atoms with E-state index in [1.54, 1.807) is 6.07 Å². The number of carbonyl (C=O) groups excluding carboxylic acids is 1. The van der Waals surface area contributed by atoms with Crippen LogP contribution in [0.3, 0.4) is 0 Å². The van der Waals surface area contributed by atoms with Crippen LogP contribution in [0, 0.1) is 11.3 Å². The van der Waals surface area contributed by atoms with Crippen molar-refractivity contribution in [2.24, 2.45) is 0 Å². The molecule has 0 spiro atoms. The maximum absolute atomic E-state index is 13.2. The van der Waals surface area contributed by atoms with Crippen molar-refractivity contribution in [3.8, 4) is 17.6 Å². The summed E-state index contributed by atoms with van der Waals surface area (Å²) in [4.78, 5) is 11.1. The second kappa shape index (κ2) is 7.74. The molecule has 0 aromatic heterocycles. The second-order valence-electron chi connectivity index (χ2n) is 5.31. The van der Waals surface area contributed by atoms with Gasteiger partial charge in [-0.2, -0.15) is 9.57 Å². The van der Waals surface area contributed by atoms with Gasteiger partial charge in [0.25, 0.3) is 0 Å². The molecule has 1 saturated heterocycles. The van der Waals surface area contributed by atoms with Gasteiger partial charge in [0.2, 0.25) is 15.9 Å². The molecule has 140 valence electrons. The first-order valence-corrected chi connectivity index (χ1v) is 9.62. The van der Waals surface area contributed by atoms with E-state index in [1.807, 2.05) is 0 Å². The molecule has 1 aliphatic heterocycles. The first-order valence-electron chi connectivity index (χ1n) is 9.43. The minimum absolute atomic E-state index is 0.0311. The minimum Gasteiger partial charge on any atom is -0.456 e. The molecule has 3 rings (SSSR count). The van der Waals surface area contributed by atoms with E-state index in [-0.39, 0.29) is 24.7 Å². The first kappa shape index (κ1) is 14.7. The summed E-state index contributed by atoms with van der Waals surface area (Å²) in [5.74, 6) is -1.49. The molecular formula is C17H13Cl2N3O4S. The Morgan fingerprint density at radius 2 is 2.00 bits per heavy atom. The summed E-state index contributed by atoms with van der Waals surface area (Å²) < 4.78 is 64.5. The van der Waals surface area contributed by atoms with E-state index in [2.05, 4.69) is 5.32 Å². The van der Waals surface area contributed by atoms with Gasteiger partial charge in [-0.05, 0) is 36.3 Å². The molecule has 1 aliphatic rings.